The normalized spacial score (nSPS) is 18.3. The Morgan fingerprint density at radius 1 is 1.04 bits per heavy atom. The zero-order valence-corrected chi connectivity index (χ0v) is 14.0. The number of nitrogens with two attached hydrogens (primary N) is 1. The lowest BCUT2D eigenvalue weighted by Crippen LogP contribution is -2.45. The second-order valence-corrected chi connectivity index (χ2v) is 6.36. The fourth-order valence-corrected chi connectivity index (χ4v) is 2.90. The van der Waals surface area contributed by atoms with Crippen LogP contribution < -0.4 is 11.1 Å². The summed E-state index contributed by atoms with van der Waals surface area (Å²) in [6.07, 6.45) is 4.76. The maximum absolute atomic E-state index is 12.5. The Hall–Kier alpha value is -1.59. The highest BCUT2D eigenvalue weighted by Gasteiger charge is 2.26. The Morgan fingerprint density at radius 2 is 1.61 bits per heavy atom. The van der Waals surface area contributed by atoms with Gasteiger partial charge in [0.25, 0.3) is 5.91 Å². The first-order valence-electron chi connectivity index (χ1n) is 8.06. The molecule has 1 aromatic carbocycles. The molecule has 2 aliphatic rings. The average Bonchev–Trinajstić information content (AvgIpc) is 3.37. The average molecular weight is 338 g/mol. The van der Waals surface area contributed by atoms with Gasteiger partial charge in [-0.15, -0.1) is 12.4 Å². The van der Waals surface area contributed by atoms with Crippen LogP contribution in [0.5, 0.6) is 0 Å². The van der Waals surface area contributed by atoms with Gasteiger partial charge in [0.05, 0.1) is 0 Å². The van der Waals surface area contributed by atoms with Gasteiger partial charge in [0, 0.05) is 30.3 Å². The first-order valence-corrected chi connectivity index (χ1v) is 8.06. The first kappa shape index (κ1) is 17.8. The predicted molar refractivity (Wildman–Crippen MR) is 91.9 cm³/mol. The fraction of sp³-hybridized carbons (Fsp3) is 0.529. The number of amides is 2. The fourth-order valence-electron chi connectivity index (χ4n) is 2.90. The lowest BCUT2D eigenvalue weighted by atomic mass is 10.0. The Bertz CT molecular complexity index is 549. The number of benzene rings is 1. The lowest BCUT2D eigenvalue weighted by molar-refractivity contribution is 0.0704. The van der Waals surface area contributed by atoms with Crippen LogP contribution in [-0.4, -0.2) is 42.4 Å². The van der Waals surface area contributed by atoms with Crippen molar-refractivity contribution in [1.29, 1.82) is 0 Å². The van der Waals surface area contributed by atoms with Crippen LogP contribution in [0.4, 0.5) is 0 Å². The number of rotatable bonds is 5. The molecule has 0 unspecified atom stereocenters. The summed E-state index contributed by atoms with van der Waals surface area (Å²) in [5.41, 5.74) is 6.26. The van der Waals surface area contributed by atoms with Crippen molar-refractivity contribution in [2.75, 3.05) is 19.6 Å². The van der Waals surface area contributed by atoms with Crippen LogP contribution in [0.25, 0.3) is 0 Å². The molecule has 6 heteroatoms. The van der Waals surface area contributed by atoms with Gasteiger partial charge in [0.15, 0.2) is 0 Å². The molecule has 1 aliphatic heterocycles. The number of carbonyl (C=O) groups excluding carboxylic acids is 2. The van der Waals surface area contributed by atoms with Crippen molar-refractivity contribution in [3.8, 4) is 0 Å². The SMILES string of the molecule is Cl.NC(=O)c1ccc(C(=O)N2CCC(NCC3CC3)CC2)cc1. The molecule has 2 amide bonds. The van der Waals surface area contributed by atoms with E-state index in [-0.39, 0.29) is 18.3 Å². The van der Waals surface area contributed by atoms with Crippen molar-refractivity contribution in [3.63, 3.8) is 0 Å². The van der Waals surface area contributed by atoms with E-state index >= 15 is 0 Å². The van der Waals surface area contributed by atoms with Crippen molar-refractivity contribution in [2.24, 2.45) is 11.7 Å². The lowest BCUT2D eigenvalue weighted by Gasteiger charge is -2.32. The van der Waals surface area contributed by atoms with Crippen LogP contribution >= 0.6 is 12.4 Å². The number of hydrogen-bond donors (Lipinski definition) is 2. The van der Waals surface area contributed by atoms with E-state index in [1.54, 1.807) is 24.3 Å². The van der Waals surface area contributed by atoms with Crippen LogP contribution in [-0.2, 0) is 0 Å². The molecule has 3 rings (SSSR count). The molecule has 0 aromatic heterocycles. The van der Waals surface area contributed by atoms with Gasteiger partial charge in [0.1, 0.15) is 0 Å². The molecule has 1 aliphatic carbocycles. The standard InChI is InChI=1S/C17H23N3O2.ClH/c18-16(21)13-3-5-14(6-4-13)17(22)20-9-7-15(8-10-20)19-11-12-1-2-12;/h3-6,12,15,19H,1-2,7-11H2,(H2,18,21);1H. The Kier molecular flexibility index (Phi) is 6.02. The van der Waals surface area contributed by atoms with Gasteiger partial charge >= 0.3 is 0 Å². The summed E-state index contributed by atoms with van der Waals surface area (Å²) in [6, 6.07) is 7.13. The van der Waals surface area contributed by atoms with Crippen LogP contribution in [0, 0.1) is 5.92 Å². The van der Waals surface area contributed by atoms with E-state index in [0.717, 1.165) is 38.4 Å². The topological polar surface area (TPSA) is 75.4 Å². The second-order valence-electron chi connectivity index (χ2n) is 6.36. The summed E-state index contributed by atoms with van der Waals surface area (Å²) in [5.74, 6) is 0.460. The highest BCUT2D eigenvalue weighted by molar-refractivity contribution is 5.97. The Balaban J connectivity index is 0.00000192. The third-order valence-electron chi connectivity index (χ3n) is 4.59. The summed E-state index contributed by atoms with van der Waals surface area (Å²) >= 11 is 0. The summed E-state index contributed by atoms with van der Waals surface area (Å²) in [6.45, 7) is 2.71. The molecule has 3 N–H and O–H groups in total. The van der Waals surface area contributed by atoms with E-state index < -0.39 is 5.91 Å². The van der Waals surface area contributed by atoms with Crippen molar-refractivity contribution >= 4 is 24.2 Å². The highest BCUT2D eigenvalue weighted by atomic mass is 35.5. The number of nitrogens with one attached hydrogen (secondary N) is 1. The molecule has 2 fully saturated rings. The maximum atomic E-state index is 12.5. The van der Waals surface area contributed by atoms with E-state index in [2.05, 4.69) is 5.32 Å². The monoisotopic (exact) mass is 337 g/mol. The molecule has 0 spiro atoms. The smallest absolute Gasteiger partial charge is 0.253 e. The quantitative estimate of drug-likeness (QED) is 0.860. The van der Waals surface area contributed by atoms with Crippen LogP contribution in [0.15, 0.2) is 24.3 Å². The van der Waals surface area contributed by atoms with Crippen LogP contribution in [0.3, 0.4) is 0 Å². The molecule has 0 bridgehead atoms. The number of hydrogen-bond acceptors (Lipinski definition) is 3. The molecular weight excluding hydrogens is 314 g/mol. The third kappa shape index (κ3) is 4.69. The van der Waals surface area contributed by atoms with Crippen molar-refractivity contribution < 1.29 is 9.59 Å². The molecule has 1 heterocycles. The van der Waals surface area contributed by atoms with Crippen LogP contribution in [0.1, 0.15) is 46.4 Å². The highest BCUT2D eigenvalue weighted by Crippen LogP contribution is 2.28. The number of carbonyl (C=O) groups is 2. The summed E-state index contributed by atoms with van der Waals surface area (Å²) in [5, 5.41) is 3.61. The minimum atomic E-state index is -0.471. The Morgan fingerprint density at radius 3 is 2.13 bits per heavy atom. The molecule has 5 nitrogen and oxygen atoms in total. The van der Waals surface area contributed by atoms with Gasteiger partial charge in [-0.25, -0.2) is 0 Å². The van der Waals surface area contributed by atoms with Crippen molar-refractivity contribution in [2.45, 2.75) is 31.7 Å². The zero-order valence-electron chi connectivity index (χ0n) is 13.2. The Labute approximate surface area is 143 Å². The van der Waals surface area contributed by atoms with E-state index in [1.807, 2.05) is 4.90 Å². The molecule has 1 aromatic rings. The van der Waals surface area contributed by atoms with E-state index in [1.165, 1.54) is 12.8 Å². The van der Waals surface area contributed by atoms with E-state index in [4.69, 9.17) is 5.73 Å². The minimum Gasteiger partial charge on any atom is -0.366 e. The molecule has 0 atom stereocenters. The zero-order chi connectivity index (χ0) is 15.5. The second kappa shape index (κ2) is 7.79. The number of likely N-dealkylation sites (tertiary alicyclic amines) is 1. The number of primary amides is 1. The minimum absolute atomic E-state index is 0. The summed E-state index contributed by atoms with van der Waals surface area (Å²) in [7, 11) is 0. The largest absolute Gasteiger partial charge is 0.366 e. The first-order chi connectivity index (χ1) is 10.6. The van der Waals surface area contributed by atoms with Gasteiger partial charge in [-0.1, -0.05) is 0 Å². The number of nitrogens with zero attached hydrogens (tertiary/aromatic N) is 1. The van der Waals surface area contributed by atoms with Crippen LogP contribution in [0.2, 0.25) is 0 Å². The van der Waals surface area contributed by atoms with E-state index in [9.17, 15) is 9.59 Å². The summed E-state index contributed by atoms with van der Waals surface area (Å²) < 4.78 is 0. The van der Waals surface area contributed by atoms with Gasteiger partial charge in [-0.05, 0) is 62.4 Å². The van der Waals surface area contributed by atoms with Gasteiger partial charge in [0.2, 0.25) is 5.91 Å². The third-order valence-corrected chi connectivity index (χ3v) is 4.59. The molecule has 1 saturated heterocycles. The van der Waals surface area contributed by atoms with Crippen molar-refractivity contribution in [3.05, 3.63) is 35.4 Å². The predicted octanol–water partition coefficient (Wildman–Crippen LogP) is 1.81. The molecular formula is C17H24ClN3O2. The molecule has 23 heavy (non-hydrogen) atoms. The molecule has 0 radical (unpaired) electrons. The molecule has 126 valence electrons. The maximum Gasteiger partial charge on any atom is 0.253 e. The van der Waals surface area contributed by atoms with Gasteiger partial charge in [-0.2, -0.15) is 0 Å². The van der Waals surface area contributed by atoms with Gasteiger partial charge < -0.3 is 16.0 Å². The number of halogens is 1. The molecule has 1 saturated carbocycles. The summed E-state index contributed by atoms with van der Waals surface area (Å²) in [4.78, 5) is 25.4. The van der Waals surface area contributed by atoms with Crippen molar-refractivity contribution in [1.82, 2.24) is 10.2 Å². The van der Waals surface area contributed by atoms with E-state index in [0.29, 0.717) is 17.2 Å². The van der Waals surface area contributed by atoms with Gasteiger partial charge in [-0.3, -0.25) is 9.59 Å². The number of piperidine rings is 1.